The van der Waals surface area contributed by atoms with Crippen molar-refractivity contribution in [2.45, 2.75) is 90.1 Å². The molecular formula is C31H44N8O14S3. The van der Waals surface area contributed by atoms with Gasteiger partial charge in [0, 0.05) is 38.1 Å². The van der Waals surface area contributed by atoms with Crippen LogP contribution in [0.15, 0.2) is 15.0 Å². The number of carboxylic acids is 1. The molecule has 0 saturated heterocycles. The molecule has 10 N–H and O–H groups in total. The normalized spacial score (nSPS) is 19.8. The number of rotatable bonds is 24. The molecule has 1 amide bonds. The fraction of sp³-hybridized carbons (Fsp3) is 0.613. The number of carbonyl (C=O) groups excluding carboxylic acids is 6. The van der Waals surface area contributed by atoms with E-state index in [-0.39, 0.29) is 47.6 Å². The zero-order valence-corrected chi connectivity index (χ0v) is 33.1. The molecule has 2 rings (SSSR count). The van der Waals surface area contributed by atoms with Crippen LogP contribution in [0.3, 0.4) is 0 Å². The molecule has 22 nitrogen and oxygen atoms in total. The topological polar surface area (TPSA) is 358 Å². The Kier molecular flexibility index (Phi) is 17.8. The number of ketones is 4. The van der Waals surface area contributed by atoms with E-state index in [2.05, 4.69) is 35.1 Å². The second-order valence-corrected chi connectivity index (χ2v) is 14.8. The number of amides is 1. The number of nitrogens with two attached hydrogens (primary N) is 2. The van der Waals surface area contributed by atoms with Gasteiger partial charge in [0.1, 0.15) is 15.8 Å². The highest BCUT2D eigenvalue weighted by molar-refractivity contribution is 7.81. The Morgan fingerprint density at radius 2 is 1.52 bits per heavy atom. The van der Waals surface area contributed by atoms with Crippen molar-refractivity contribution in [1.29, 1.82) is 0 Å². The number of aliphatic hydroxyl groups excluding tert-OH is 1. The van der Waals surface area contributed by atoms with E-state index in [0.29, 0.717) is 0 Å². The number of aliphatic imine (C=N–C) groups is 3. The molecule has 0 spiro atoms. The van der Waals surface area contributed by atoms with Gasteiger partial charge in [0.15, 0.2) is 35.2 Å². The van der Waals surface area contributed by atoms with Crippen LogP contribution in [0.5, 0.6) is 0 Å². The molecule has 0 aliphatic carbocycles. The number of aliphatic hydroxyl groups is 1. The number of Topliss-reactive ketones (excluding diaryl/α,β-unsaturated/α-hetero) is 4. The van der Waals surface area contributed by atoms with Crippen LogP contribution in [0.25, 0.3) is 0 Å². The molecule has 0 radical (unpaired) electrons. The Morgan fingerprint density at radius 3 is 2.05 bits per heavy atom. The number of cyclic esters (lactones) is 1. The third-order valence-corrected chi connectivity index (χ3v) is 9.59. The summed E-state index contributed by atoms with van der Waals surface area (Å²) >= 11 is 10.5. The Bertz CT molecular complexity index is 1810. The minimum Gasteiger partial charge on any atom is -0.481 e. The van der Waals surface area contributed by atoms with Gasteiger partial charge in [-0.15, -0.1) is 0 Å². The predicted molar refractivity (Wildman–Crippen MR) is 204 cm³/mol. The van der Waals surface area contributed by atoms with Gasteiger partial charge in [-0.1, -0.05) is 31.4 Å². The molecule has 2 heterocycles. The fourth-order valence-corrected chi connectivity index (χ4v) is 6.28. The van der Waals surface area contributed by atoms with Crippen LogP contribution in [0.1, 0.15) is 59.8 Å². The van der Waals surface area contributed by atoms with Gasteiger partial charge in [-0.3, -0.25) is 38.3 Å². The third-order valence-electron chi connectivity index (χ3n) is 8.36. The summed E-state index contributed by atoms with van der Waals surface area (Å²) in [6, 6.07) is -5.11. The van der Waals surface area contributed by atoms with Crippen molar-refractivity contribution in [3.05, 3.63) is 0 Å². The number of ether oxygens (including phenoxy) is 1. The van der Waals surface area contributed by atoms with Gasteiger partial charge >= 0.3 is 22.3 Å². The molecule has 2 aliphatic rings. The molecule has 25 heteroatoms. The number of hydrogen-bond donors (Lipinski definition) is 8. The number of hydrogen-bond acceptors (Lipinski definition) is 17. The van der Waals surface area contributed by atoms with Gasteiger partial charge in [-0.05, 0) is 27.2 Å². The molecule has 8 atom stereocenters. The van der Waals surface area contributed by atoms with Crippen LogP contribution in [-0.2, 0) is 52.9 Å². The number of esters is 1. The van der Waals surface area contributed by atoms with Crippen molar-refractivity contribution >= 4 is 103 Å². The number of thiocarbonyl (C=S) groups is 2. The molecule has 0 aromatic rings. The number of amidine groups is 1. The lowest BCUT2D eigenvalue weighted by Crippen LogP contribution is -2.46. The number of carbonyl (C=O) groups is 7. The summed E-state index contributed by atoms with van der Waals surface area (Å²) in [6.07, 6.45) is -3.05. The molecule has 56 heavy (non-hydrogen) atoms. The SMILES string of the molecule is CC(CC(=O)C(C)NC(=S)C1N=C(C(CC(=O)C(CO)CC(=O)C(C)NC(=S)C2N=C(C(=O)CCCN=C(N)N)NC2=O)C(C)OS(=O)(=O)O)OC1=O)C(=O)O. The first-order chi connectivity index (χ1) is 25.9. The van der Waals surface area contributed by atoms with Crippen molar-refractivity contribution in [3.63, 3.8) is 0 Å². The molecule has 0 saturated carbocycles. The minimum atomic E-state index is -5.13. The number of nitrogens with zero attached hydrogens (tertiary/aromatic N) is 3. The van der Waals surface area contributed by atoms with E-state index in [4.69, 9.17) is 45.7 Å². The number of nitrogens with one attached hydrogen (secondary N) is 3. The molecule has 0 aromatic carbocycles. The van der Waals surface area contributed by atoms with Crippen LogP contribution in [0.4, 0.5) is 0 Å². The highest BCUT2D eigenvalue weighted by Gasteiger charge is 2.42. The maximum atomic E-state index is 13.5. The van der Waals surface area contributed by atoms with E-state index >= 15 is 0 Å². The van der Waals surface area contributed by atoms with E-state index in [1.165, 1.54) is 20.8 Å². The zero-order chi connectivity index (χ0) is 42.7. The number of guanidine groups is 1. The molecule has 0 bridgehead atoms. The lowest BCUT2D eigenvalue weighted by atomic mass is 9.88. The largest absolute Gasteiger partial charge is 0.481 e. The second-order valence-electron chi connectivity index (χ2n) is 12.9. The van der Waals surface area contributed by atoms with E-state index in [1.54, 1.807) is 0 Å². The molecule has 0 fully saturated rings. The van der Waals surface area contributed by atoms with E-state index in [1.807, 2.05) is 0 Å². The Morgan fingerprint density at radius 1 is 0.946 bits per heavy atom. The van der Waals surface area contributed by atoms with Crippen LogP contribution >= 0.6 is 24.4 Å². The first-order valence-corrected chi connectivity index (χ1v) is 19.1. The van der Waals surface area contributed by atoms with Gasteiger partial charge < -0.3 is 42.4 Å². The molecule has 310 valence electrons. The van der Waals surface area contributed by atoms with Gasteiger partial charge in [-0.25, -0.2) is 19.0 Å². The zero-order valence-electron chi connectivity index (χ0n) is 30.6. The Hall–Kier alpha value is -4.69. The summed E-state index contributed by atoms with van der Waals surface area (Å²) in [5.74, 6) is -10.4. The second kappa shape index (κ2) is 21.0. The van der Waals surface area contributed by atoms with Crippen molar-refractivity contribution < 1.29 is 65.7 Å². The van der Waals surface area contributed by atoms with Crippen molar-refractivity contribution in [3.8, 4) is 0 Å². The quantitative estimate of drug-likeness (QED) is 0.0124. The lowest BCUT2D eigenvalue weighted by molar-refractivity contribution is -0.143. The predicted octanol–water partition coefficient (Wildman–Crippen LogP) is -2.53. The standard InChI is InChI=1S/C31H44N8O14S3/c1-12(29(46)47)8-19(42)13(2)36-28(55)23-30(48)52-26(38-23)17(15(4)53-56(49,50)51)10-21(44)16(11-40)9-20(43)14(3)35-27(54)22-25(45)39-24(37-22)18(41)6-5-7-34-31(32)33/h12-17,22-23,40H,5-11H2,1-4H3,(H,35,54)(H,36,55)(H,46,47)(H4,32,33,34)(H,37,39,45)(H,49,50,51). The van der Waals surface area contributed by atoms with Gasteiger partial charge in [0.25, 0.3) is 5.91 Å². The fourth-order valence-electron chi connectivity index (χ4n) is 5.10. The first-order valence-electron chi connectivity index (χ1n) is 16.9. The molecular weight excluding hydrogens is 805 g/mol. The van der Waals surface area contributed by atoms with Crippen LogP contribution < -0.4 is 27.4 Å². The van der Waals surface area contributed by atoms with Gasteiger partial charge in [0.05, 0.1) is 36.6 Å². The summed E-state index contributed by atoms with van der Waals surface area (Å²) in [6.45, 7) is 4.46. The van der Waals surface area contributed by atoms with Crippen LogP contribution in [0, 0.1) is 17.8 Å². The van der Waals surface area contributed by atoms with E-state index in [9.17, 15) is 51.6 Å². The highest BCUT2D eigenvalue weighted by atomic mass is 32.3. The van der Waals surface area contributed by atoms with Gasteiger partial charge in [-0.2, -0.15) is 8.42 Å². The van der Waals surface area contributed by atoms with Crippen molar-refractivity contribution in [2.75, 3.05) is 13.2 Å². The summed E-state index contributed by atoms with van der Waals surface area (Å²) in [5, 5.41) is 26.7. The summed E-state index contributed by atoms with van der Waals surface area (Å²) < 4.78 is 42.3. The molecule has 8 unspecified atom stereocenters. The third kappa shape index (κ3) is 14.4. The van der Waals surface area contributed by atoms with E-state index in [0.717, 1.165) is 6.92 Å². The van der Waals surface area contributed by atoms with Crippen molar-refractivity contribution in [1.82, 2.24) is 16.0 Å². The highest BCUT2D eigenvalue weighted by Crippen LogP contribution is 2.25. The molecule has 2 aliphatic heterocycles. The van der Waals surface area contributed by atoms with E-state index < -0.39 is 125 Å². The average molecular weight is 849 g/mol. The summed E-state index contributed by atoms with van der Waals surface area (Å²) in [4.78, 5) is 99.3. The smallest absolute Gasteiger partial charge is 0.397 e. The Labute approximate surface area is 331 Å². The monoisotopic (exact) mass is 848 g/mol. The Balaban J connectivity index is 2.15. The summed E-state index contributed by atoms with van der Waals surface area (Å²) in [7, 11) is -5.13. The molecule has 0 aromatic heterocycles. The average Bonchev–Trinajstić information content (AvgIpc) is 3.68. The maximum Gasteiger partial charge on any atom is 0.397 e. The van der Waals surface area contributed by atoms with Crippen molar-refractivity contribution in [2.24, 2.45) is 44.2 Å². The first kappa shape index (κ1) is 47.5. The van der Waals surface area contributed by atoms with Crippen LogP contribution in [0.2, 0.25) is 0 Å². The minimum absolute atomic E-state index is 0.0324. The summed E-state index contributed by atoms with van der Waals surface area (Å²) in [5.41, 5.74) is 10.5. The van der Waals surface area contributed by atoms with Crippen LogP contribution in [-0.4, -0.2) is 135 Å². The number of aliphatic carboxylic acids is 1. The maximum absolute atomic E-state index is 13.5. The van der Waals surface area contributed by atoms with Gasteiger partial charge in [0.2, 0.25) is 11.9 Å². The lowest BCUT2D eigenvalue weighted by Gasteiger charge is -2.23. The number of carboxylic acid groups (broad SMARTS) is 1.